The lowest BCUT2D eigenvalue weighted by molar-refractivity contribution is 0.676. The summed E-state index contributed by atoms with van der Waals surface area (Å²) < 4.78 is 14.9. The number of hydrogen-bond donors (Lipinski definition) is 1. The first-order valence-electron chi connectivity index (χ1n) is 4.83. The number of benzene rings is 1. The topological polar surface area (TPSA) is 29.1 Å². The monoisotopic (exact) mass is 289 g/mol. The van der Waals surface area contributed by atoms with Gasteiger partial charge in [-0.3, -0.25) is 0 Å². The minimum atomic E-state index is -0.914. The molecule has 0 saturated carbocycles. The van der Waals surface area contributed by atoms with Crippen molar-refractivity contribution < 1.29 is 4.21 Å². The molecule has 1 N–H and O–H groups in total. The van der Waals surface area contributed by atoms with E-state index in [2.05, 4.69) is 46.6 Å². The van der Waals surface area contributed by atoms with Gasteiger partial charge in [-0.05, 0) is 37.0 Å². The van der Waals surface area contributed by atoms with Gasteiger partial charge in [-0.25, -0.2) is 8.93 Å². The van der Waals surface area contributed by atoms with Crippen LogP contribution in [-0.4, -0.2) is 17.0 Å². The zero-order valence-electron chi connectivity index (χ0n) is 9.26. The van der Waals surface area contributed by atoms with E-state index >= 15 is 0 Å². The Morgan fingerprint density at radius 1 is 1.33 bits per heavy atom. The van der Waals surface area contributed by atoms with Gasteiger partial charge < -0.3 is 0 Å². The van der Waals surface area contributed by atoms with Gasteiger partial charge in [-0.1, -0.05) is 28.1 Å². The van der Waals surface area contributed by atoms with Crippen LogP contribution in [0.3, 0.4) is 0 Å². The number of aryl methyl sites for hydroxylation is 2. The van der Waals surface area contributed by atoms with Crippen molar-refractivity contribution in [3.63, 3.8) is 0 Å². The molecule has 1 aromatic carbocycles. The molecular formula is C11H16BrNOS. The molecule has 0 aliphatic carbocycles. The second kappa shape index (κ2) is 5.77. The van der Waals surface area contributed by atoms with Crippen molar-refractivity contribution in [2.24, 2.45) is 0 Å². The number of rotatable bonds is 4. The second-order valence-corrected chi connectivity index (χ2v) is 5.63. The van der Waals surface area contributed by atoms with Gasteiger partial charge >= 0.3 is 0 Å². The average molecular weight is 290 g/mol. The van der Waals surface area contributed by atoms with Crippen LogP contribution < -0.4 is 4.72 Å². The van der Waals surface area contributed by atoms with E-state index in [-0.39, 0.29) is 0 Å². The van der Waals surface area contributed by atoms with E-state index in [1.807, 2.05) is 0 Å². The van der Waals surface area contributed by atoms with Gasteiger partial charge in [0.2, 0.25) is 0 Å². The van der Waals surface area contributed by atoms with Crippen molar-refractivity contribution in [1.82, 2.24) is 4.72 Å². The lowest BCUT2D eigenvalue weighted by atomic mass is 10.1. The van der Waals surface area contributed by atoms with Crippen LogP contribution >= 0.6 is 15.9 Å². The highest BCUT2D eigenvalue weighted by molar-refractivity contribution is 9.10. The molecule has 0 aliphatic rings. The Kier molecular flexibility index (Phi) is 4.96. The molecule has 0 spiro atoms. The standard InChI is InChI=1S/C11H16BrNOS/c1-8-6-10(4-5-13-15(3)14)7-9(2)11(8)12/h6-7,13H,4-5H2,1-3H3. The lowest BCUT2D eigenvalue weighted by Gasteiger charge is -2.07. The highest BCUT2D eigenvalue weighted by atomic mass is 79.9. The molecular weight excluding hydrogens is 274 g/mol. The van der Waals surface area contributed by atoms with E-state index in [1.54, 1.807) is 6.26 Å². The van der Waals surface area contributed by atoms with Crippen molar-refractivity contribution in [1.29, 1.82) is 0 Å². The Labute approximate surface area is 102 Å². The van der Waals surface area contributed by atoms with E-state index in [0.717, 1.165) is 13.0 Å². The Hall–Kier alpha value is -0.190. The predicted molar refractivity (Wildman–Crippen MR) is 69.4 cm³/mol. The van der Waals surface area contributed by atoms with Crippen LogP contribution in [0.4, 0.5) is 0 Å². The smallest absolute Gasteiger partial charge is 0.0883 e. The summed E-state index contributed by atoms with van der Waals surface area (Å²) in [5.41, 5.74) is 3.79. The van der Waals surface area contributed by atoms with Gasteiger partial charge in [0.15, 0.2) is 0 Å². The molecule has 0 heterocycles. The minimum Gasteiger partial charge on any atom is -0.243 e. The number of halogens is 1. The van der Waals surface area contributed by atoms with E-state index in [1.165, 1.54) is 21.2 Å². The van der Waals surface area contributed by atoms with Crippen LogP contribution in [-0.2, 0) is 17.4 Å². The molecule has 1 rings (SSSR count). The fourth-order valence-electron chi connectivity index (χ4n) is 1.52. The maximum absolute atomic E-state index is 10.8. The summed E-state index contributed by atoms with van der Waals surface area (Å²) in [7, 11) is -0.914. The van der Waals surface area contributed by atoms with Crippen LogP contribution in [0.2, 0.25) is 0 Å². The summed E-state index contributed by atoms with van der Waals surface area (Å²) in [6, 6.07) is 4.33. The van der Waals surface area contributed by atoms with E-state index in [4.69, 9.17) is 0 Å². The molecule has 0 amide bonds. The second-order valence-electron chi connectivity index (χ2n) is 3.64. The molecule has 0 fully saturated rings. The third-order valence-electron chi connectivity index (χ3n) is 2.22. The van der Waals surface area contributed by atoms with Gasteiger partial charge in [0.1, 0.15) is 0 Å². The first-order chi connectivity index (χ1) is 7.00. The lowest BCUT2D eigenvalue weighted by Crippen LogP contribution is -2.18. The van der Waals surface area contributed by atoms with Crippen molar-refractivity contribution in [3.05, 3.63) is 33.3 Å². The fraction of sp³-hybridized carbons (Fsp3) is 0.455. The summed E-state index contributed by atoms with van der Waals surface area (Å²) in [6.07, 6.45) is 2.56. The summed E-state index contributed by atoms with van der Waals surface area (Å²) in [5, 5.41) is 0. The quantitative estimate of drug-likeness (QED) is 0.907. The third-order valence-corrected chi connectivity index (χ3v) is 4.08. The Morgan fingerprint density at radius 2 is 1.87 bits per heavy atom. The van der Waals surface area contributed by atoms with Gasteiger partial charge in [-0.15, -0.1) is 0 Å². The molecule has 0 aliphatic heterocycles. The minimum absolute atomic E-state index is 0.754. The SMILES string of the molecule is Cc1cc(CCNS(C)=O)cc(C)c1Br. The zero-order chi connectivity index (χ0) is 11.4. The first-order valence-corrected chi connectivity index (χ1v) is 7.18. The fourth-order valence-corrected chi connectivity index (χ4v) is 2.14. The van der Waals surface area contributed by atoms with Crippen molar-refractivity contribution in [2.75, 3.05) is 12.8 Å². The number of hydrogen-bond acceptors (Lipinski definition) is 1. The van der Waals surface area contributed by atoms with Crippen molar-refractivity contribution in [3.8, 4) is 0 Å². The molecule has 15 heavy (non-hydrogen) atoms. The van der Waals surface area contributed by atoms with E-state index in [9.17, 15) is 4.21 Å². The van der Waals surface area contributed by atoms with Crippen LogP contribution in [0.1, 0.15) is 16.7 Å². The summed E-state index contributed by atoms with van der Waals surface area (Å²) >= 11 is 3.54. The van der Waals surface area contributed by atoms with Gasteiger partial charge in [0, 0.05) is 17.3 Å². The summed E-state index contributed by atoms with van der Waals surface area (Å²) in [5.74, 6) is 0. The van der Waals surface area contributed by atoms with Crippen molar-refractivity contribution >= 4 is 26.9 Å². The highest BCUT2D eigenvalue weighted by Gasteiger charge is 2.02. The molecule has 0 bridgehead atoms. The molecule has 1 unspecified atom stereocenters. The molecule has 0 aromatic heterocycles. The van der Waals surface area contributed by atoms with Crippen LogP contribution in [0.5, 0.6) is 0 Å². The Balaban J connectivity index is 2.66. The molecule has 84 valence electrons. The van der Waals surface area contributed by atoms with E-state index < -0.39 is 11.0 Å². The largest absolute Gasteiger partial charge is 0.243 e. The predicted octanol–water partition coefficient (Wildman–Crippen LogP) is 2.49. The maximum Gasteiger partial charge on any atom is 0.0883 e. The molecule has 0 radical (unpaired) electrons. The maximum atomic E-state index is 10.8. The zero-order valence-corrected chi connectivity index (χ0v) is 11.7. The molecule has 2 nitrogen and oxygen atoms in total. The van der Waals surface area contributed by atoms with Gasteiger partial charge in [-0.2, -0.15) is 0 Å². The molecule has 1 atom stereocenters. The van der Waals surface area contributed by atoms with Gasteiger partial charge in [0.05, 0.1) is 11.0 Å². The third kappa shape index (κ3) is 4.05. The summed E-state index contributed by atoms with van der Waals surface area (Å²) in [4.78, 5) is 0. The Morgan fingerprint density at radius 3 is 2.33 bits per heavy atom. The summed E-state index contributed by atoms with van der Waals surface area (Å²) in [6.45, 7) is 4.93. The number of nitrogens with one attached hydrogen (secondary N) is 1. The average Bonchev–Trinajstić information content (AvgIpc) is 2.13. The normalized spacial score (nSPS) is 12.8. The highest BCUT2D eigenvalue weighted by Crippen LogP contribution is 2.22. The van der Waals surface area contributed by atoms with Gasteiger partial charge in [0.25, 0.3) is 0 Å². The molecule has 1 aromatic rings. The first kappa shape index (κ1) is 12.9. The van der Waals surface area contributed by atoms with E-state index in [0.29, 0.717) is 0 Å². The van der Waals surface area contributed by atoms with Crippen LogP contribution in [0.25, 0.3) is 0 Å². The molecule has 0 saturated heterocycles. The van der Waals surface area contributed by atoms with Crippen LogP contribution in [0.15, 0.2) is 16.6 Å². The van der Waals surface area contributed by atoms with Crippen molar-refractivity contribution in [2.45, 2.75) is 20.3 Å². The molecule has 4 heteroatoms. The Bertz CT molecular complexity index is 356. The van der Waals surface area contributed by atoms with Crippen LogP contribution in [0, 0.1) is 13.8 Å².